The van der Waals surface area contributed by atoms with E-state index in [2.05, 4.69) is 20.2 Å². The number of fused-ring (bicyclic) bond motifs is 1. The number of anilines is 1. The van der Waals surface area contributed by atoms with Gasteiger partial charge in [0.1, 0.15) is 11.7 Å². The first kappa shape index (κ1) is 21.0. The lowest BCUT2D eigenvalue weighted by molar-refractivity contribution is -0.116. The van der Waals surface area contributed by atoms with Gasteiger partial charge < -0.3 is 14.8 Å². The Labute approximate surface area is 185 Å². The van der Waals surface area contributed by atoms with Gasteiger partial charge in [-0.3, -0.25) is 4.79 Å². The number of imidazole rings is 1. The highest BCUT2D eigenvalue weighted by molar-refractivity contribution is 7.99. The number of nitrogens with zero attached hydrogens (tertiary/aromatic N) is 4. The van der Waals surface area contributed by atoms with Gasteiger partial charge in [0.05, 0.1) is 23.2 Å². The molecule has 2 unspecified atom stereocenters. The number of piperidine rings is 2. The van der Waals surface area contributed by atoms with Crippen LogP contribution >= 0.6 is 35.0 Å². The first-order valence-corrected chi connectivity index (χ1v) is 11.8. The van der Waals surface area contributed by atoms with E-state index < -0.39 is 0 Å². The molecule has 6 nitrogen and oxygen atoms in total. The molecule has 1 N–H and O–H groups in total. The molecule has 0 saturated carbocycles. The minimum Gasteiger partial charge on any atom is -0.323 e. The van der Waals surface area contributed by atoms with Crippen LogP contribution < -0.4 is 5.32 Å². The average Bonchev–Trinajstić information content (AvgIpc) is 3.05. The Morgan fingerprint density at radius 1 is 1.17 bits per heavy atom. The lowest BCUT2D eigenvalue weighted by Crippen LogP contribution is -2.48. The largest absolute Gasteiger partial charge is 0.323 e. The van der Waals surface area contributed by atoms with Gasteiger partial charge >= 0.3 is 0 Å². The summed E-state index contributed by atoms with van der Waals surface area (Å²) in [6.07, 6.45) is 9.85. The summed E-state index contributed by atoms with van der Waals surface area (Å²) in [4.78, 5) is 23.3. The molecule has 2 aliphatic heterocycles. The molecule has 4 rings (SSSR count). The fraction of sp³-hybridized carbons (Fsp3) is 0.550. The molecule has 4 heterocycles. The zero-order valence-corrected chi connectivity index (χ0v) is 18.5. The zero-order valence-electron chi connectivity index (χ0n) is 16.2. The van der Waals surface area contributed by atoms with Crippen molar-refractivity contribution in [1.29, 1.82) is 0 Å². The van der Waals surface area contributed by atoms with Crippen LogP contribution in [0.2, 0.25) is 10.3 Å². The minimum atomic E-state index is -0.206. The molecule has 1 amide bonds. The third-order valence-electron chi connectivity index (χ3n) is 5.74. The van der Waals surface area contributed by atoms with E-state index in [4.69, 9.17) is 23.2 Å². The number of rotatable bonds is 6. The summed E-state index contributed by atoms with van der Waals surface area (Å²) in [5.74, 6) is 1.66. The summed E-state index contributed by atoms with van der Waals surface area (Å²) in [6, 6.07) is 4.62. The molecule has 2 aromatic rings. The van der Waals surface area contributed by atoms with Gasteiger partial charge in [-0.2, -0.15) is 0 Å². The molecular weight excluding hydrogens is 429 g/mol. The van der Waals surface area contributed by atoms with Crippen LogP contribution in [0.15, 0.2) is 29.7 Å². The van der Waals surface area contributed by atoms with Crippen LogP contribution in [-0.4, -0.2) is 50.2 Å². The van der Waals surface area contributed by atoms with Gasteiger partial charge in [0, 0.05) is 11.8 Å². The smallest absolute Gasteiger partial charge is 0.244 e. The molecule has 0 bridgehead atoms. The van der Waals surface area contributed by atoms with Crippen LogP contribution in [0.1, 0.15) is 32.1 Å². The highest BCUT2D eigenvalue weighted by atomic mass is 35.5. The number of carbonyl (C=O) groups excluding carboxylic acids is 1. The molecule has 0 aliphatic carbocycles. The molecule has 2 aromatic heterocycles. The lowest BCUT2D eigenvalue weighted by Gasteiger charge is -2.44. The van der Waals surface area contributed by atoms with Crippen molar-refractivity contribution in [3.8, 4) is 0 Å². The van der Waals surface area contributed by atoms with Crippen molar-refractivity contribution in [2.45, 2.75) is 49.7 Å². The highest BCUT2D eigenvalue weighted by Crippen LogP contribution is 2.34. The monoisotopic (exact) mass is 453 g/mol. The number of carbonyl (C=O) groups is 1. The van der Waals surface area contributed by atoms with E-state index in [-0.39, 0.29) is 22.8 Å². The first-order valence-electron chi connectivity index (χ1n) is 10.1. The summed E-state index contributed by atoms with van der Waals surface area (Å²) in [7, 11) is 0. The van der Waals surface area contributed by atoms with Gasteiger partial charge in [-0.05, 0) is 56.8 Å². The second kappa shape index (κ2) is 9.69. The van der Waals surface area contributed by atoms with E-state index >= 15 is 0 Å². The van der Waals surface area contributed by atoms with Crippen LogP contribution in [0.4, 0.5) is 5.69 Å². The van der Waals surface area contributed by atoms with Gasteiger partial charge in [0.2, 0.25) is 5.91 Å². The van der Waals surface area contributed by atoms with Crippen molar-refractivity contribution in [3.05, 3.63) is 35.0 Å². The molecular formula is C20H25Cl2N5OS. The Morgan fingerprint density at radius 2 is 2.03 bits per heavy atom. The number of halogens is 2. The maximum Gasteiger partial charge on any atom is 0.244 e. The van der Waals surface area contributed by atoms with Crippen LogP contribution in [0.3, 0.4) is 0 Å². The van der Waals surface area contributed by atoms with E-state index in [1.54, 1.807) is 6.20 Å². The van der Waals surface area contributed by atoms with E-state index in [1.807, 2.05) is 23.9 Å². The van der Waals surface area contributed by atoms with E-state index in [1.165, 1.54) is 56.1 Å². The lowest BCUT2D eigenvalue weighted by atomic mass is 9.85. The Balaban J connectivity index is 1.27. The summed E-state index contributed by atoms with van der Waals surface area (Å²) in [6.45, 7) is 2.60. The Kier molecular flexibility index (Phi) is 7.00. The molecule has 29 heavy (non-hydrogen) atoms. The zero-order chi connectivity index (χ0) is 20.2. The van der Waals surface area contributed by atoms with Gasteiger partial charge in [0.15, 0.2) is 5.15 Å². The second-order valence-corrected chi connectivity index (χ2v) is 9.46. The Bertz CT molecular complexity index is 842. The summed E-state index contributed by atoms with van der Waals surface area (Å²) in [5, 5.41) is 4.28. The standard InChI is InChI=1S/C20H25Cl2N5OS/c21-19-20(22)27(13-24-19)11-17(28)25-15-6-7-18(23-10-15)29-12-14-4-3-9-26-8-2-1-5-16(14)26/h6-7,10,13-14,16H,1-5,8-9,11-12H2,(H,25,28). The van der Waals surface area contributed by atoms with E-state index in [0.717, 1.165) is 22.7 Å². The molecule has 2 fully saturated rings. The maximum atomic E-state index is 12.2. The second-order valence-electron chi connectivity index (χ2n) is 7.70. The number of nitrogens with one attached hydrogen (secondary N) is 1. The van der Waals surface area contributed by atoms with Crippen molar-refractivity contribution >= 4 is 46.6 Å². The van der Waals surface area contributed by atoms with Crippen molar-refractivity contribution < 1.29 is 4.79 Å². The van der Waals surface area contributed by atoms with Crippen molar-refractivity contribution in [2.24, 2.45) is 5.92 Å². The number of thioether (sulfide) groups is 1. The summed E-state index contributed by atoms with van der Waals surface area (Å²) >= 11 is 13.6. The van der Waals surface area contributed by atoms with E-state index in [9.17, 15) is 4.79 Å². The topological polar surface area (TPSA) is 63.1 Å². The van der Waals surface area contributed by atoms with Gasteiger partial charge in [-0.25, -0.2) is 9.97 Å². The Morgan fingerprint density at radius 3 is 2.79 bits per heavy atom. The van der Waals surface area contributed by atoms with Crippen LogP contribution in [0, 0.1) is 5.92 Å². The van der Waals surface area contributed by atoms with E-state index in [0.29, 0.717) is 5.69 Å². The molecule has 9 heteroatoms. The SMILES string of the molecule is O=C(Cn1cnc(Cl)c1Cl)Nc1ccc(SCC2CCCN3CCCCC23)nc1. The summed E-state index contributed by atoms with van der Waals surface area (Å²) < 4.78 is 1.50. The van der Waals surface area contributed by atoms with Crippen molar-refractivity contribution in [1.82, 2.24) is 19.4 Å². The molecule has 2 saturated heterocycles. The molecule has 0 spiro atoms. The number of hydrogen-bond donors (Lipinski definition) is 1. The molecule has 156 valence electrons. The normalized spacial score (nSPS) is 22.3. The fourth-order valence-corrected chi connectivity index (χ4v) is 5.68. The molecule has 2 aliphatic rings. The van der Waals surface area contributed by atoms with Gasteiger partial charge in [-0.1, -0.05) is 29.6 Å². The summed E-state index contributed by atoms with van der Waals surface area (Å²) in [5.41, 5.74) is 0.665. The quantitative estimate of drug-likeness (QED) is 0.648. The molecule has 0 aromatic carbocycles. The third kappa shape index (κ3) is 5.26. The Hall–Kier alpha value is -1.28. The first-order chi connectivity index (χ1) is 14.1. The van der Waals surface area contributed by atoms with Gasteiger partial charge in [-0.15, -0.1) is 11.8 Å². The number of aromatic nitrogens is 3. The fourth-order valence-electron chi connectivity index (χ4n) is 4.31. The van der Waals surface area contributed by atoms with Crippen LogP contribution in [0.25, 0.3) is 0 Å². The molecule has 2 atom stereocenters. The van der Waals surface area contributed by atoms with Gasteiger partial charge in [0.25, 0.3) is 0 Å². The predicted molar refractivity (Wildman–Crippen MR) is 118 cm³/mol. The average molecular weight is 454 g/mol. The number of pyridine rings is 1. The van der Waals surface area contributed by atoms with Crippen LogP contribution in [-0.2, 0) is 11.3 Å². The minimum absolute atomic E-state index is 0.0502. The number of hydrogen-bond acceptors (Lipinski definition) is 5. The maximum absolute atomic E-state index is 12.2. The predicted octanol–water partition coefficient (Wildman–Crippen LogP) is 4.58. The van der Waals surface area contributed by atoms with Crippen LogP contribution in [0.5, 0.6) is 0 Å². The number of amides is 1. The van der Waals surface area contributed by atoms with Crippen molar-refractivity contribution in [3.63, 3.8) is 0 Å². The van der Waals surface area contributed by atoms with Crippen molar-refractivity contribution in [2.75, 3.05) is 24.2 Å². The third-order valence-corrected chi connectivity index (χ3v) is 7.64. The molecule has 0 radical (unpaired) electrons. The highest BCUT2D eigenvalue weighted by Gasteiger charge is 2.32.